The highest BCUT2D eigenvalue weighted by Gasteiger charge is 2.42. The van der Waals surface area contributed by atoms with Gasteiger partial charge in [-0.3, -0.25) is 4.68 Å². The van der Waals surface area contributed by atoms with Crippen LogP contribution in [0, 0.1) is 5.41 Å². The molecule has 0 spiro atoms. The second-order valence-corrected chi connectivity index (χ2v) is 4.76. The second-order valence-electron chi connectivity index (χ2n) is 4.76. The SMILES string of the molecule is CC(C)n1cc(CC2(CO)CC2)cn1. The number of aromatic nitrogens is 2. The van der Waals surface area contributed by atoms with Gasteiger partial charge in [0.05, 0.1) is 6.20 Å². The minimum atomic E-state index is 0.199. The summed E-state index contributed by atoms with van der Waals surface area (Å²) in [7, 11) is 0. The largest absolute Gasteiger partial charge is 0.396 e. The zero-order chi connectivity index (χ0) is 10.2. The minimum absolute atomic E-state index is 0.199. The van der Waals surface area contributed by atoms with E-state index in [-0.39, 0.29) is 5.41 Å². The summed E-state index contributed by atoms with van der Waals surface area (Å²) in [6.07, 6.45) is 7.33. The van der Waals surface area contributed by atoms with Gasteiger partial charge in [-0.15, -0.1) is 0 Å². The lowest BCUT2D eigenvalue weighted by Crippen LogP contribution is -2.09. The number of rotatable bonds is 4. The van der Waals surface area contributed by atoms with Crippen LogP contribution in [0.2, 0.25) is 0 Å². The summed E-state index contributed by atoms with van der Waals surface area (Å²) >= 11 is 0. The molecule has 1 aliphatic carbocycles. The molecule has 0 bridgehead atoms. The zero-order valence-electron chi connectivity index (χ0n) is 8.90. The van der Waals surface area contributed by atoms with Gasteiger partial charge in [-0.1, -0.05) is 0 Å². The van der Waals surface area contributed by atoms with Gasteiger partial charge >= 0.3 is 0 Å². The Balaban J connectivity index is 2.03. The Morgan fingerprint density at radius 2 is 2.29 bits per heavy atom. The lowest BCUT2D eigenvalue weighted by molar-refractivity contribution is 0.211. The van der Waals surface area contributed by atoms with Crippen molar-refractivity contribution in [3.05, 3.63) is 18.0 Å². The van der Waals surface area contributed by atoms with Gasteiger partial charge in [0.15, 0.2) is 0 Å². The van der Waals surface area contributed by atoms with Gasteiger partial charge in [0.25, 0.3) is 0 Å². The lowest BCUT2D eigenvalue weighted by Gasteiger charge is -2.08. The van der Waals surface area contributed by atoms with Gasteiger partial charge in [0, 0.05) is 18.8 Å². The summed E-state index contributed by atoms with van der Waals surface area (Å²) in [5, 5.41) is 13.5. The van der Waals surface area contributed by atoms with Crippen molar-refractivity contribution < 1.29 is 5.11 Å². The highest BCUT2D eigenvalue weighted by Crippen LogP contribution is 2.47. The van der Waals surface area contributed by atoms with Crippen molar-refractivity contribution >= 4 is 0 Å². The van der Waals surface area contributed by atoms with Crippen LogP contribution < -0.4 is 0 Å². The van der Waals surface area contributed by atoms with E-state index in [9.17, 15) is 5.11 Å². The van der Waals surface area contributed by atoms with Crippen LogP contribution in [0.5, 0.6) is 0 Å². The van der Waals surface area contributed by atoms with Crippen LogP contribution in [0.1, 0.15) is 38.3 Å². The van der Waals surface area contributed by atoms with Crippen molar-refractivity contribution in [2.45, 2.75) is 39.2 Å². The van der Waals surface area contributed by atoms with E-state index in [4.69, 9.17) is 0 Å². The number of hydrogen-bond acceptors (Lipinski definition) is 2. The van der Waals surface area contributed by atoms with Crippen molar-refractivity contribution in [1.29, 1.82) is 0 Å². The molecular formula is C11H18N2O. The highest BCUT2D eigenvalue weighted by atomic mass is 16.3. The molecule has 2 rings (SSSR count). The molecule has 0 amide bonds. The Bertz CT molecular complexity index is 313. The molecule has 0 radical (unpaired) electrons. The molecule has 1 aromatic rings. The first-order valence-corrected chi connectivity index (χ1v) is 5.29. The second kappa shape index (κ2) is 3.39. The monoisotopic (exact) mass is 194 g/mol. The summed E-state index contributed by atoms with van der Waals surface area (Å²) in [4.78, 5) is 0. The van der Waals surface area contributed by atoms with Crippen molar-refractivity contribution in [3.63, 3.8) is 0 Å². The Labute approximate surface area is 84.7 Å². The Morgan fingerprint density at radius 1 is 1.57 bits per heavy atom. The molecule has 1 heterocycles. The molecule has 0 aromatic carbocycles. The van der Waals surface area contributed by atoms with Crippen LogP contribution in [0.15, 0.2) is 12.4 Å². The zero-order valence-corrected chi connectivity index (χ0v) is 8.90. The molecule has 14 heavy (non-hydrogen) atoms. The van der Waals surface area contributed by atoms with E-state index in [2.05, 4.69) is 25.1 Å². The quantitative estimate of drug-likeness (QED) is 0.793. The predicted molar refractivity (Wildman–Crippen MR) is 55.1 cm³/mol. The van der Waals surface area contributed by atoms with Gasteiger partial charge in [-0.25, -0.2) is 0 Å². The van der Waals surface area contributed by atoms with Gasteiger partial charge in [-0.05, 0) is 44.1 Å². The van der Waals surface area contributed by atoms with Gasteiger partial charge in [0.2, 0.25) is 0 Å². The van der Waals surface area contributed by atoms with Gasteiger partial charge in [-0.2, -0.15) is 5.10 Å². The summed E-state index contributed by atoms with van der Waals surface area (Å²) in [5.41, 5.74) is 1.45. The molecule has 0 saturated heterocycles. The van der Waals surface area contributed by atoms with Crippen molar-refractivity contribution in [1.82, 2.24) is 9.78 Å². The third-order valence-corrected chi connectivity index (χ3v) is 3.06. The van der Waals surface area contributed by atoms with Crippen molar-refractivity contribution in [2.75, 3.05) is 6.61 Å². The fourth-order valence-electron chi connectivity index (χ4n) is 1.75. The molecule has 1 fully saturated rings. The van der Waals surface area contributed by atoms with E-state index in [1.807, 2.05) is 10.9 Å². The number of aliphatic hydroxyl groups excluding tert-OH is 1. The van der Waals surface area contributed by atoms with E-state index in [1.54, 1.807) is 0 Å². The fraction of sp³-hybridized carbons (Fsp3) is 0.727. The fourth-order valence-corrected chi connectivity index (χ4v) is 1.75. The Kier molecular flexibility index (Phi) is 2.35. The average molecular weight is 194 g/mol. The Morgan fingerprint density at radius 3 is 2.71 bits per heavy atom. The predicted octanol–water partition coefficient (Wildman–Crippen LogP) is 1.78. The van der Waals surface area contributed by atoms with Crippen LogP contribution >= 0.6 is 0 Å². The maximum atomic E-state index is 9.21. The minimum Gasteiger partial charge on any atom is -0.396 e. The van der Waals surface area contributed by atoms with Gasteiger partial charge in [0.1, 0.15) is 0 Å². The van der Waals surface area contributed by atoms with Crippen LogP contribution in [0.25, 0.3) is 0 Å². The molecule has 0 atom stereocenters. The summed E-state index contributed by atoms with van der Waals surface area (Å²) in [6.45, 7) is 4.56. The molecule has 1 N–H and O–H groups in total. The third kappa shape index (κ3) is 1.82. The van der Waals surface area contributed by atoms with Crippen LogP contribution in [0.4, 0.5) is 0 Å². The molecule has 1 aliphatic rings. The van der Waals surface area contributed by atoms with E-state index >= 15 is 0 Å². The molecule has 1 saturated carbocycles. The first-order chi connectivity index (χ1) is 6.65. The molecular weight excluding hydrogens is 176 g/mol. The molecule has 1 aromatic heterocycles. The molecule has 78 valence electrons. The van der Waals surface area contributed by atoms with Crippen LogP contribution in [-0.4, -0.2) is 21.5 Å². The van der Waals surface area contributed by atoms with E-state index in [0.29, 0.717) is 12.6 Å². The summed E-state index contributed by atoms with van der Waals surface area (Å²) < 4.78 is 1.97. The smallest absolute Gasteiger partial charge is 0.0522 e. The number of aliphatic hydroxyl groups is 1. The summed E-state index contributed by atoms with van der Waals surface area (Å²) in [6, 6.07) is 0.424. The molecule has 3 nitrogen and oxygen atoms in total. The first kappa shape index (κ1) is 9.71. The number of nitrogens with zero attached hydrogens (tertiary/aromatic N) is 2. The van der Waals surface area contributed by atoms with Crippen molar-refractivity contribution in [2.24, 2.45) is 5.41 Å². The average Bonchev–Trinajstić information content (AvgIpc) is 2.75. The number of hydrogen-bond donors (Lipinski definition) is 1. The third-order valence-electron chi connectivity index (χ3n) is 3.06. The maximum absolute atomic E-state index is 9.21. The molecule has 0 unspecified atom stereocenters. The Hall–Kier alpha value is -0.830. The topological polar surface area (TPSA) is 38.0 Å². The van der Waals surface area contributed by atoms with Crippen molar-refractivity contribution in [3.8, 4) is 0 Å². The normalized spacial score (nSPS) is 18.9. The molecule has 3 heteroatoms. The van der Waals surface area contributed by atoms with Crippen LogP contribution in [-0.2, 0) is 6.42 Å². The highest BCUT2D eigenvalue weighted by molar-refractivity contribution is 5.11. The molecule has 0 aliphatic heterocycles. The van der Waals surface area contributed by atoms with Gasteiger partial charge < -0.3 is 5.11 Å². The first-order valence-electron chi connectivity index (χ1n) is 5.29. The standard InChI is InChI=1S/C11H18N2O/c1-9(2)13-7-10(6-12-13)5-11(8-14)3-4-11/h6-7,9,14H,3-5,8H2,1-2H3. The van der Waals surface area contributed by atoms with E-state index in [1.165, 1.54) is 5.56 Å². The lowest BCUT2D eigenvalue weighted by atomic mass is 10.00. The maximum Gasteiger partial charge on any atom is 0.0522 e. The summed E-state index contributed by atoms with van der Waals surface area (Å²) in [5.74, 6) is 0. The van der Waals surface area contributed by atoms with Crippen LogP contribution in [0.3, 0.4) is 0 Å². The van der Waals surface area contributed by atoms with E-state index in [0.717, 1.165) is 19.3 Å². The van der Waals surface area contributed by atoms with E-state index < -0.39 is 0 Å².